The molecule has 0 spiro atoms. The van der Waals surface area contributed by atoms with Crippen molar-refractivity contribution in [2.24, 2.45) is 0 Å². The summed E-state index contributed by atoms with van der Waals surface area (Å²) in [5, 5.41) is 6.03. The van der Waals surface area contributed by atoms with Gasteiger partial charge in [-0.25, -0.2) is 0 Å². The van der Waals surface area contributed by atoms with Gasteiger partial charge in [-0.3, -0.25) is 4.79 Å². The number of ether oxygens (including phenoxy) is 1. The third kappa shape index (κ3) is 1.59. The summed E-state index contributed by atoms with van der Waals surface area (Å²) in [6, 6.07) is 0.335. The molecule has 0 radical (unpaired) electrons. The maximum Gasteiger partial charge on any atom is 0.249 e. The van der Waals surface area contributed by atoms with Crippen LogP contribution in [0.2, 0.25) is 0 Å². The molecular formula is C8H14N2O2. The highest BCUT2D eigenvalue weighted by Gasteiger charge is 2.27. The van der Waals surface area contributed by atoms with Crippen molar-refractivity contribution in [1.29, 1.82) is 0 Å². The molecule has 12 heavy (non-hydrogen) atoms. The molecule has 2 aliphatic heterocycles. The van der Waals surface area contributed by atoms with Crippen LogP contribution in [0, 0.1) is 0 Å². The van der Waals surface area contributed by atoms with Crippen LogP contribution in [0.15, 0.2) is 0 Å². The maximum atomic E-state index is 11.4. The first-order valence-electron chi connectivity index (χ1n) is 4.49. The van der Waals surface area contributed by atoms with Gasteiger partial charge >= 0.3 is 0 Å². The van der Waals surface area contributed by atoms with E-state index >= 15 is 0 Å². The monoisotopic (exact) mass is 170 g/mol. The highest BCUT2D eigenvalue weighted by molar-refractivity contribution is 5.81. The van der Waals surface area contributed by atoms with E-state index in [2.05, 4.69) is 10.6 Å². The van der Waals surface area contributed by atoms with Gasteiger partial charge in [-0.1, -0.05) is 0 Å². The van der Waals surface area contributed by atoms with Gasteiger partial charge in [-0.2, -0.15) is 0 Å². The Labute approximate surface area is 71.7 Å². The molecule has 1 amide bonds. The van der Waals surface area contributed by atoms with E-state index in [0.29, 0.717) is 6.04 Å². The van der Waals surface area contributed by atoms with Gasteiger partial charge in [0, 0.05) is 19.7 Å². The van der Waals surface area contributed by atoms with Crippen LogP contribution in [0.25, 0.3) is 0 Å². The molecule has 0 bridgehead atoms. The van der Waals surface area contributed by atoms with Crippen LogP contribution < -0.4 is 10.6 Å². The molecule has 2 rings (SSSR count). The average Bonchev–Trinajstić information content (AvgIpc) is 2.47. The Kier molecular flexibility index (Phi) is 2.28. The molecule has 2 saturated heterocycles. The average molecular weight is 170 g/mol. The number of carbonyl (C=O) groups is 1. The van der Waals surface area contributed by atoms with Crippen molar-refractivity contribution in [3.05, 3.63) is 0 Å². The number of amides is 1. The number of hydrogen-bond acceptors (Lipinski definition) is 3. The van der Waals surface area contributed by atoms with E-state index in [0.717, 1.165) is 32.5 Å². The Balaban J connectivity index is 1.74. The predicted octanol–water partition coefficient (Wildman–Crippen LogP) is -0.747. The molecule has 0 aliphatic carbocycles. The minimum absolute atomic E-state index is 0.0685. The van der Waals surface area contributed by atoms with Crippen LogP contribution in [0.5, 0.6) is 0 Å². The number of nitrogens with one attached hydrogen (secondary N) is 2. The summed E-state index contributed by atoms with van der Waals surface area (Å²) in [4.78, 5) is 11.4. The van der Waals surface area contributed by atoms with Crippen molar-refractivity contribution in [2.45, 2.75) is 25.0 Å². The van der Waals surface area contributed by atoms with E-state index in [9.17, 15) is 4.79 Å². The summed E-state index contributed by atoms with van der Waals surface area (Å²) in [7, 11) is 0. The first-order valence-corrected chi connectivity index (χ1v) is 4.49. The van der Waals surface area contributed by atoms with Crippen LogP contribution in [-0.2, 0) is 9.53 Å². The molecule has 2 heterocycles. The Morgan fingerprint density at radius 1 is 1.50 bits per heavy atom. The van der Waals surface area contributed by atoms with Crippen LogP contribution >= 0.6 is 0 Å². The molecular weight excluding hydrogens is 156 g/mol. The molecule has 1 atom stereocenters. The minimum Gasteiger partial charge on any atom is -0.368 e. The Bertz CT molecular complexity index is 174. The van der Waals surface area contributed by atoms with Crippen LogP contribution in [-0.4, -0.2) is 37.7 Å². The molecule has 0 aromatic heterocycles. The minimum atomic E-state index is -0.175. The van der Waals surface area contributed by atoms with Gasteiger partial charge < -0.3 is 15.4 Å². The summed E-state index contributed by atoms with van der Waals surface area (Å²) in [6.07, 6.45) is 1.72. The van der Waals surface area contributed by atoms with Crippen LogP contribution in [0.3, 0.4) is 0 Å². The summed E-state index contributed by atoms with van der Waals surface area (Å²) in [6.45, 7) is 2.54. The van der Waals surface area contributed by atoms with Crippen molar-refractivity contribution >= 4 is 5.91 Å². The molecule has 68 valence electrons. The van der Waals surface area contributed by atoms with Gasteiger partial charge in [-0.05, 0) is 12.8 Å². The van der Waals surface area contributed by atoms with Crippen LogP contribution in [0.4, 0.5) is 0 Å². The van der Waals surface area contributed by atoms with Crippen molar-refractivity contribution in [1.82, 2.24) is 10.6 Å². The zero-order valence-electron chi connectivity index (χ0n) is 7.01. The lowest BCUT2D eigenvalue weighted by Gasteiger charge is -2.28. The van der Waals surface area contributed by atoms with E-state index in [-0.39, 0.29) is 12.0 Å². The number of carbonyl (C=O) groups excluding carboxylic acids is 1. The Morgan fingerprint density at radius 2 is 2.33 bits per heavy atom. The zero-order valence-corrected chi connectivity index (χ0v) is 7.01. The molecule has 2 fully saturated rings. The van der Waals surface area contributed by atoms with E-state index in [1.165, 1.54) is 0 Å². The first-order chi connectivity index (χ1) is 5.86. The second-order valence-electron chi connectivity index (χ2n) is 3.37. The van der Waals surface area contributed by atoms with E-state index < -0.39 is 0 Å². The van der Waals surface area contributed by atoms with E-state index in [4.69, 9.17) is 4.74 Å². The first kappa shape index (κ1) is 8.01. The standard InChI is InChI=1S/C8H14N2O2/c11-8(7-2-1-3-12-7)10-6-4-9-5-6/h6-7,9H,1-5H2,(H,10,11)/t7-/m0/s1. The Hall–Kier alpha value is -0.610. The molecule has 4 heteroatoms. The highest BCUT2D eigenvalue weighted by atomic mass is 16.5. The number of hydrogen-bond donors (Lipinski definition) is 2. The molecule has 2 aliphatic rings. The lowest BCUT2D eigenvalue weighted by atomic mass is 10.1. The van der Waals surface area contributed by atoms with Crippen molar-refractivity contribution in [2.75, 3.05) is 19.7 Å². The summed E-state index contributed by atoms with van der Waals surface area (Å²) in [5.74, 6) is 0.0685. The molecule has 0 aromatic rings. The second-order valence-corrected chi connectivity index (χ2v) is 3.37. The molecule has 2 N–H and O–H groups in total. The van der Waals surface area contributed by atoms with Gasteiger partial charge in [0.25, 0.3) is 0 Å². The SMILES string of the molecule is O=C(NC1CNC1)[C@@H]1CCCO1. The zero-order chi connectivity index (χ0) is 8.39. The highest BCUT2D eigenvalue weighted by Crippen LogP contribution is 2.12. The fourth-order valence-electron chi connectivity index (χ4n) is 1.47. The largest absolute Gasteiger partial charge is 0.368 e. The second kappa shape index (κ2) is 3.41. The lowest BCUT2D eigenvalue weighted by molar-refractivity contribution is -0.131. The topological polar surface area (TPSA) is 50.4 Å². The van der Waals surface area contributed by atoms with Crippen LogP contribution in [0.1, 0.15) is 12.8 Å². The summed E-state index contributed by atoms with van der Waals surface area (Å²) < 4.78 is 5.25. The summed E-state index contributed by atoms with van der Waals surface area (Å²) >= 11 is 0. The molecule has 0 aromatic carbocycles. The third-order valence-corrected chi connectivity index (χ3v) is 2.35. The van der Waals surface area contributed by atoms with Crippen molar-refractivity contribution < 1.29 is 9.53 Å². The Morgan fingerprint density at radius 3 is 2.83 bits per heavy atom. The van der Waals surface area contributed by atoms with Gasteiger partial charge in [0.1, 0.15) is 6.10 Å². The van der Waals surface area contributed by atoms with Gasteiger partial charge in [-0.15, -0.1) is 0 Å². The predicted molar refractivity (Wildman–Crippen MR) is 43.8 cm³/mol. The molecule has 0 unspecified atom stereocenters. The van der Waals surface area contributed by atoms with Crippen molar-refractivity contribution in [3.8, 4) is 0 Å². The molecule has 4 nitrogen and oxygen atoms in total. The maximum absolute atomic E-state index is 11.4. The van der Waals surface area contributed by atoms with Gasteiger partial charge in [0.2, 0.25) is 5.91 Å². The van der Waals surface area contributed by atoms with Crippen molar-refractivity contribution in [3.63, 3.8) is 0 Å². The summed E-state index contributed by atoms with van der Waals surface area (Å²) in [5.41, 5.74) is 0. The van der Waals surface area contributed by atoms with E-state index in [1.807, 2.05) is 0 Å². The van der Waals surface area contributed by atoms with Gasteiger partial charge in [0.05, 0.1) is 6.04 Å². The normalized spacial score (nSPS) is 29.8. The lowest BCUT2D eigenvalue weighted by Crippen LogP contribution is -2.58. The quantitative estimate of drug-likeness (QED) is 0.573. The van der Waals surface area contributed by atoms with Gasteiger partial charge in [0.15, 0.2) is 0 Å². The fraction of sp³-hybridized carbons (Fsp3) is 0.875. The fourth-order valence-corrected chi connectivity index (χ4v) is 1.47. The smallest absolute Gasteiger partial charge is 0.249 e. The molecule has 0 saturated carbocycles. The number of rotatable bonds is 2. The third-order valence-electron chi connectivity index (χ3n) is 2.35. The van der Waals surface area contributed by atoms with E-state index in [1.54, 1.807) is 0 Å².